The zero-order valence-corrected chi connectivity index (χ0v) is 11.4. The maximum atomic E-state index is 13.4. The summed E-state index contributed by atoms with van der Waals surface area (Å²) in [6.45, 7) is 0.326. The van der Waals surface area contributed by atoms with Crippen molar-refractivity contribution in [3.63, 3.8) is 0 Å². The minimum atomic E-state index is -5.72. The molecule has 1 heterocycles. The molecule has 0 aromatic heterocycles. The van der Waals surface area contributed by atoms with Gasteiger partial charge in [0.05, 0.1) is 0 Å². The first kappa shape index (κ1) is 16.7. The largest absolute Gasteiger partial charge is 0.420 e. The standard InChI is InChI=1S/C10H15F7OSi/c1-7(11)9(14,15)10(16,17)8(12,13)6-19-5-3-2-4-18-19/h7,19H,2-6H2,1H3. The van der Waals surface area contributed by atoms with Gasteiger partial charge in [0.15, 0.2) is 15.2 Å². The molecular weight excluding hydrogens is 297 g/mol. The number of halogens is 7. The first-order valence-electron chi connectivity index (χ1n) is 5.91. The van der Waals surface area contributed by atoms with E-state index in [0.29, 0.717) is 12.8 Å². The summed E-state index contributed by atoms with van der Waals surface area (Å²) in [6.07, 6.45) is -2.15. The van der Waals surface area contributed by atoms with Crippen LogP contribution in [0.25, 0.3) is 0 Å². The molecule has 1 aliphatic heterocycles. The van der Waals surface area contributed by atoms with Crippen LogP contribution in [0.4, 0.5) is 30.7 Å². The molecule has 0 aliphatic carbocycles. The Bertz CT molecular complexity index is 302. The summed E-state index contributed by atoms with van der Waals surface area (Å²) in [5.41, 5.74) is 0. The van der Waals surface area contributed by atoms with Gasteiger partial charge in [0.25, 0.3) is 0 Å². The van der Waals surface area contributed by atoms with E-state index in [1.165, 1.54) is 0 Å². The number of alkyl halides is 7. The molecule has 1 fully saturated rings. The fourth-order valence-electron chi connectivity index (χ4n) is 1.88. The first-order valence-corrected chi connectivity index (χ1v) is 8.02. The van der Waals surface area contributed by atoms with Gasteiger partial charge in [-0.1, -0.05) is 6.42 Å². The van der Waals surface area contributed by atoms with Gasteiger partial charge in [-0.25, -0.2) is 4.39 Å². The normalized spacial score (nSPS) is 24.3. The van der Waals surface area contributed by atoms with Gasteiger partial charge in [-0.05, 0) is 19.4 Å². The van der Waals surface area contributed by atoms with E-state index in [1.807, 2.05) is 0 Å². The quantitative estimate of drug-likeness (QED) is 0.554. The SMILES string of the molecule is CC(F)C(F)(F)C(F)(F)C(F)(F)C[SiH]1CCCCO1. The smallest absolute Gasteiger partial charge is 0.374 e. The van der Waals surface area contributed by atoms with E-state index in [0.717, 1.165) is 0 Å². The molecule has 2 atom stereocenters. The molecule has 9 heteroatoms. The fourth-order valence-corrected chi connectivity index (χ4v) is 4.44. The van der Waals surface area contributed by atoms with E-state index in [4.69, 9.17) is 4.43 Å². The van der Waals surface area contributed by atoms with E-state index in [9.17, 15) is 30.7 Å². The molecule has 2 unspecified atom stereocenters. The van der Waals surface area contributed by atoms with Gasteiger partial charge in [0, 0.05) is 12.7 Å². The predicted octanol–water partition coefficient (Wildman–Crippen LogP) is 3.78. The van der Waals surface area contributed by atoms with Gasteiger partial charge in [-0.15, -0.1) is 0 Å². The van der Waals surface area contributed by atoms with E-state index in [-0.39, 0.29) is 19.6 Å². The summed E-state index contributed by atoms with van der Waals surface area (Å²) < 4.78 is 96.6. The van der Waals surface area contributed by atoms with Crippen LogP contribution in [0, 0.1) is 0 Å². The minimum Gasteiger partial charge on any atom is -0.420 e. The molecule has 1 aliphatic rings. The second-order valence-corrected chi connectivity index (χ2v) is 7.27. The third-order valence-corrected chi connectivity index (χ3v) is 5.86. The molecule has 1 rings (SSSR count). The monoisotopic (exact) mass is 312 g/mol. The third kappa shape index (κ3) is 3.23. The van der Waals surface area contributed by atoms with Crippen molar-refractivity contribution in [2.45, 2.75) is 55.8 Å². The fraction of sp³-hybridized carbons (Fsp3) is 1.00. The molecule has 0 saturated carbocycles. The maximum Gasteiger partial charge on any atom is 0.374 e. The highest BCUT2D eigenvalue weighted by molar-refractivity contribution is 6.52. The molecule has 1 saturated heterocycles. The van der Waals surface area contributed by atoms with Gasteiger partial charge in [-0.2, -0.15) is 26.3 Å². The molecule has 0 aromatic carbocycles. The van der Waals surface area contributed by atoms with Gasteiger partial charge < -0.3 is 4.43 Å². The summed E-state index contributed by atoms with van der Waals surface area (Å²) in [4.78, 5) is 0. The zero-order valence-electron chi connectivity index (χ0n) is 10.2. The molecule has 0 N–H and O–H groups in total. The Kier molecular flexibility index (Phi) is 4.92. The first-order chi connectivity index (χ1) is 8.52. The molecule has 0 amide bonds. The maximum absolute atomic E-state index is 13.4. The topological polar surface area (TPSA) is 9.23 Å². The molecule has 0 aromatic rings. The highest BCUT2D eigenvalue weighted by atomic mass is 28.3. The van der Waals surface area contributed by atoms with E-state index in [1.54, 1.807) is 0 Å². The van der Waals surface area contributed by atoms with Crippen molar-refractivity contribution in [3.05, 3.63) is 0 Å². The van der Waals surface area contributed by atoms with Crippen molar-refractivity contribution in [1.82, 2.24) is 0 Å². The van der Waals surface area contributed by atoms with Crippen LogP contribution in [-0.2, 0) is 4.43 Å². The average molecular weight is 312 g/mol. The van der Waals surface area contributed by atoms with Crippen molar-refractivity contribution >= 4 is 9.04 Å². The van der Waals surface area contributed by atoms with Crippen LogP contribution in [0.5, 0.6) is 0 Å². The van der Waals surface area contributed by atoms with Crippen molar-refractivity contribution in [1.29, 1.82) is 0 Å². The Labute approximate surface area is 107 Å². The lowest BCUT2D eigenvalue weighted by atomic mass is 10.0. The van der Waals surface area contributed by atoms with Crippen molar-refractivity contribution in [2.75, 3.05) is 6.61 Å². The van der Waals surface area contributed by atoms with Gasteiger partial charge >= 0.3 is 17.8 Å². The highest BCUT2D eigenvalue weighted by Gasteiger charge is 2.73. The molecule has 0 spiro atoms. The summed E-state index contributed by atoms with van der Waals surface area (Å²) >= 11 is 0. The summed E-state index contributed by atoms with van der Waals surface area (Å²) in [6, 6.07) is -1.16. The predicted molar refractivity (Wildman–Crippen MR) is 57.4 cm³/mol. The minimum absolute atomic E-state index is 0.137. The number of rotatable bonds is 5. The van der Waals surface area contributed by atoms with Crippen LogP contribution >= 0.6 is 0 Å². The molecule has 0 radical (unpaired) electrons. The molecule has 1 nitrogen and oxygen atoms in total. The lowest BCUT2D eigenvalue weighted by Crippen LogP contribution is -2.58. The molecule has 19 heavy (non-hydrogen) atoms. The third-order valence-electron chi connectivity index (χ3n) is 3.14. The van der Waals surface area contributed by atoms with E-state index in [2.05, 4.69) is 0 Å². The van der Waals surface area contributed by atoms with E-state index < -0.39 is 39.0 Å². The van der Waals surface area contributed by atoms with Crippen LogP contribution < -0.4 is 0 Å². The Morgan fingerprint density at radius 1 is 1.11 bits per heavy atom. The second-order valence-electron chi connectivity index (χ2n) is 4.71. The van der Waals surface area contributed by atoms with Crippen LogP contribution in [-0.4, -0.2) is 39.6 Å². The second kappa shape index (κ2) is 5.59. The summed E-state index contributed by atoms with van der Waals surface area (Å²) in [5.74, 6) is -16.1. The highest BCUT2D eigenvalue weighted by Crippen LogP contribution is 2.50. The van der Waals surface area contributed by atoms with Gasteiger partial charge in [-0.3, -0.25) is 0 Å². The van der Waals surface area contributed by atoms with Crippen LogP contribution in [0.15, 0.2) is 0 Å². The number of hydrogen-bond donors (Lipinski definition) is 0. The average Bonchev–Trinajstić information content (AvgIpc) is 2.28. The summed E-state index contributed by atoms with van der Waals surface area (Å²) in [5, 5.41) is 0. The summed E-state index contributed by atoms with van der Waals surface area (Å²) in [7, 11) is -2.64. The van der Waals surface area contributed by atoms with E-state index >= 15 is 0 Å². The van der Waals surface area contributed by atoms with Crippen LogP contribution in [0.1, 0.15) is 19.8 Å². The Hall–Kier alpha value is -0.313. The van der Waals surface area contributed by atoms with Crippen LogP contribution in [0.3, 0.4) is 0 Å². The van der Waals surface area contributed by atoms with Crippen molar-refractivity contribution in [2.24, 2.45) is 0 Å². The Morgan fingerprint density at radius 2 is 1.68 bits per heavy atom. The Balaban J connectivity index is 2.84. The van der Waals surface area contributed by atoms with Crippen molar-refractivity contribution < 1.29 is 35.2 Å². The Morgan fingerprint density at radius 3 is 2.11 bits per heavy atom. The van der Waals surface area contributed by atoms with Crippen molar-refractivity contribution in [3.8, 4) is 0 Å². The van der Waals surface area contributed by atoms with Gasteiger partial charge in [0.1, 0.15) is 0 Å². The lowest BCUT2D eigenvalue weighted by Gasteiger charge is -2.35. The lowest BCUT2D eigenvalue weighted by molar-refractivity contribution is -0.317. The molecule has 114 valence electrons. The van der Waals surface area contributed by atoms with Gasteiger partial charge in [0.2, 0.25) is 0 Å². The number of hydrogen-bond acceptors (Lipinski definition) is 1. The molecule has 0 bridgehead atoms. The molecular formula is C10H15F7OSi. The zero-order chi connectivity index (χ0) is 14.9. The van der Waals surface area contributed by atoms with Crippen LogP contribution in [0.2, 0.25) is 12.1 Å².